The summed E-state index contributed by atoms with van der Waals surface area (Å²) in [4.78, 5) is 12.9. The van der Waals surface area contributed by atoms with E-state index in [0.717, 1.165) is 37.2 Å². The highest BCUT2D eigenvalue weighted by molar-refractivity contribution is 5.65. The second-order valence-electron chi connectivity index (χ2n) is 5.22. The van der Waals surface area contributed by atoms with Crippen LogP contribution >= 0.6 is 0 Å². The van der Waals surface area contributed by atoms with E-state index in [-0.39, 0.29) is 16.9 Å². The number of fused-ring (bicyclic) bond motifs is 1. The predicted octanol–water partition coefficient (Wildman–Crippen LogP) is 2.03. The van der Waals surface area contributed by atoms with E-state index in [1.165, 1.54) is 5.56 Å². The Bertz CT molecular complexity index is 526. The second-order valence-corrected chi connectivity index (χ2v) is 5.22. The Morgan fingerprint density at radius 1 is 1.40 bits per heavy atom. The molecule has 20 heavy (non-hydrogen) atoms. The van der Waals surface area contributed by atoms with Crippen LogP contribution in [0, 0.1) is 17.0 Å². The third-order valence-electron chi connectivity index (χ3n) is 3.91. The molecule has 3 rings (SSSR count). The van der Waals surface area contributed by atoms with Crippen LogP contribution in [0.25, 0.3) is 0 Å². The number of hydrogen-bond acceptors (Lipinski definition) is 5. The Morgan fingerprint density at radius 3 is 2.85 bits per heavy atom. The van der Waals surface area contributed by atoms with E-state index in [9.17, 15) is 10.1 Å². The summed E-state index contributed by atoms with van der Waals surface area (Å²) in [7, 11) is 0. The van der Waals surface area contributed by atoms with Crippen LogP contribution in [0.1, 0.15) is 17.5 Å². The van der Waals surface area contributed by atoms with Crippen molar-refractivity contribution < 1.29 is 14.4 Å². The number of anilines is 1. The molecule has 0 atom stereocenters. The van der Waals surface area contributed by atoms with Gasteiger partial charge in [0.15, 0.2) is 6.29 Å². The number of aryl methyl sites for hydroxylation is 1. The fraction of sp³-hybridized carbons (Fsp3) is 0.571. The Labute approximate surface area is 117 Å². The third kappa shape index (κ3) is 2.48. The van der Waals surface area contributed by atoms with Gasteiger partial charge in [-0.05, 0) is 25.0 Å². The average molecular weight is 278 g/mol. The standard InChI is InChI=1S/C14H18N2O4/c1-10-8-11-2-4-15(5-3-14-19-6-7-20-14)13(11)9-12(10)16(17)18/h8-9,14H,2-7H2,1H3. The minimum Gasteiger partial charge on any atom is -0.371 e. The number of rotatable bonds is 4. The first-order valence-corrected chi connectivity index (χ1v) is 6.91. The summed E-state index contributed by atoms with van der Waals surface area (Å²) in [5.41, 5.74) is 3.11. The van der Waals surface area contributed by atoms with E-state index < -0.39 is 0 Å². The number of nitro benzene ring substituents is 1. The normalized spacial score (nSPS) is 18.6. The number of benzene rings is 1. The summed E-state index contributed by atoms with van der Waals surface area (Å²) >= 11 is 0. The molecule has 1 saturated heterocycles. The third-order valence-corrected chi connectivity index (χ3v) is 3.91. The first kappa shape index (κ1) is 13.3. The molecule has 1 fully saturated rings. The van der Waals surface area contributed by atoms with Crippen molar-refractivity contribution in [2.75, 3.05) is 31.2 Å². The first-order chi connectivity index (χ1) is 9.65. The van der Waals surface area contributed by atoms with Gasteiger partial charge in [-0.3, -0.25) is 10.1 Å². The molecular weight excluding hydrogens is 260 g/mol. The average Bonchev–Trinajstić information content (AvgIpc) is 3.03. The van der Waals surface area contributed by atoms with Crippen molar-refractivity contribution in [3.05, 3.63) is 33.4 Å². The molecule has 1 aromatic carbocycles. The molecule has 2 aliphatic rings. The number of ether oxygens (including phenoxy) is 2. The summed E-state index contributed by atoms with van der Waals surface area (Å²) in [6.07, 6.45) is 1.61. The molecule has 0 saturated carbocycles. The van der Waals surface area contributed by atoms with Crippen molar-refractivity contribution in [2.24, 2.45) is 0 Å². The van der Waals surface area contributed by atoms with Crippen molar-refractivity contribution in [3.63, 3.8) is 0 Å². The molecule has 6 heteroatoms. The molecule has 0 aromatic heterocycles. The molecule has 0 bridgehead atoms. The SMILES string of the molecule is Cc1cc2c(cc1[N+](=O)[O-])N(CCC1OCCO1)CC2. The highest BCUT2D eigenvalue weighted by Crippen LogP contribution is 2.34. The summed E-state index contributed by atoms with van der Waals surface area (Å²) in [6.45, 7) is 4.82. The lowest BCUT2D eigenvalue weighted by molar-refractivity contribution is -0.385. The minimum absolute atomic E-state index is 0.125. The van der Waals surface area contributed by atoms with Crippen LogP contribution in [0.15, 0.2) is 12.1 Å². The van der Waals surface area contributed by atoms with Crippen LogP contribution in [0.3, 0.4) is 0 Å². The van der Waals surface area contributed by atoms with E-state index in [2.05, 4.69) is 4.90 Å². The Kier molecular flexibility index (Phi) is 3.58. The van der Waals surface area contributed by atoms with E-state index >= 15 is 0 Å². The first-order valence-electron chi connectivity index (χ1n) is 6.91. The number of nitro groups is 1. The van der Waals surface area contributed by atoms with Gasteiger partial charge in [-0.2, -0.15) is 0 Å². The summed E-state index contributed by atoms with van der Waals surface area (Å²) in [5.74, 6) is 0. The molecule has 0 N–H and O–H groups in total. The van der Waals surface area contributed by atoms with Crippen molar-refractivity contribution in [3.8, 4) is 0 Å². The summed E-state index contributed by atoms with van der Waals surface area (Å²) in [5, 5.41) is 11.0. The maximum Gasteiger partial charge on any atom is 0.274 e. The summed E-state index contributed by atoms with van der Waals surface area (Å²) in [6, 6.07) is 3.64. The van der Waals surface area contributed by atoms with Crippen molar-refractivity contribution >= 4 is 11.4 Å². The minimum atomic E-state index is -0.310. The van der Waals surface area contributed by atoms with Gasteiger partial charge in [-0.1, -0.05) is 0 Å². The number of nitrogens with zero attached hydrogens (tertiary/aromatic N) is 2. The van der Waals surface area contributed by atoms with Gasteiger partial charge in [0, 0.05) is 36.8 Å². The van der Waals surface area contributed by atoms with E-state index in [0.29, 0.717) is 13.2 Å². The Hall–Kier alpha value is -1.66. The highest BCUT2D eigenvalue weighted by atomic mass is 16.7. The zero-order valence-corrected chi connectivity index (χ0v) is 11.5. The van der Waals surface area contributed by atoms with Crippen LogP contribution in [-0.4, -0.2) is 37.5 Å². The van der Waals surface area contributed by atoms with Gasteiger partial charge in [0.1, 0.15) is 0 Å². The maximum absolute atomic E-state index is 11.0. The number of hydrogen-bond donors (Lipinski definition) is 0. The lowest BCUT2D eigenvalue weighted by atomic mass is 10.1. The second kappa shape index (κ2) is 5.38. The molecule has 0 unspecified atom stereocenters. The molecule has 0 amide bonds. The quantitative estimate of drug-likeness (QED) is 0.623. The van der Waals surface area contributed by atoms with Gasteiger partial charge >= 0.3 is 0 Å². The van der Waals surface area contributed by atoms with Crippen LogP contribution < -0.4 is 4.90 Å². The molecule has 1 aromatic rings. The smallest absolute Gasteiger partial charge is 0.274 e. The molecule has 108 valence electrons. The molecule has 0 aliphatic carbocycles. The van der Waals surface area contributed by atoms with Crippen molar-refractivity contribution in [1.29, 1.82) is 0 Å². The van der Waals surface area contributed by atoms with E-state index in [1.54, 1.807) is 13.0 Å². The van der Waals surface area contributed by atoms with Gasteiger partial charge in [-0.15, -0.1) is 0 Å². The lowest BCUT2D eigenvalue weighted by Crippen LogP contribution is -2.25. The molecule has 0 radical (unpaired) electrons. The largest absolute Gasteiger partial charge is 0.371 e. The van der Waals surface area contributed by atoms with Crippen LogP contribution in [-0.2, 0) is 15.9 Å². The molecular formula is C14H18N2O4. The van der Waals surface area contributed by atoms with Gasteiger partial charge < -0.3 is 14.4 Å². The van der Waals surface area contributed by atoms with Crippen LogP contribution in [0.5, 0.6) is 0 Å². The zero-order chi connectivity index (χ0) is 14.1. The van der Waals surface area contributed by atoms with E-state index in [4.69, 9.17) is 9.47 Å². The van der Waals surface area contributed by atoms with Crippen LogP contribution in [0.4, 0.5) is 11.4 Å². The van der Waals surface area contributed by atoms with Crippen LogP contribution in [0.2, 0.25) is 0 Å². The van der Waals surface area contributed by atoms with Gasteiger partial charge in [0.05, 0.1) is 18.1 Å². The maximum atomic E-state index is 11.0. The predicted molar refractivity (Wildman–Crippen MR) is 74.1 cm³/mol. The van der Waals surface area contributed by atoms with Gasteiger partial charge in [-0.25, -0.2) is 0 Å². The fourth-order valence-corrected chi connectivity index (χ4v) is 2.88. The van der Waals surface area contributed by atoms with Gasteiger partial charge in [0.2, 0.25) is 0 Å². The highest BCUT2D eigenvalue weighted by Gasteiger charge is 2.25. The topological polar surface area (TPSA) is 64.8 Å². The molecule has 2 aliphatic heterocycles. The lowest BCUT2D eigenvalue weighted by Gasteiger charge is -2.21. The fourth-order valence-electron chi connectivity index (χ4n) is 2.88. The van der Waals surface area contributed by atoms with E-state index in [1.807, 2.05) is 6.07 Å². The molecule has 2 heterocycles. The molecule has 0 spiro atoms. The van der Waals surface area contributed by atoms with Gasteiger partial charge in [0.25, 0.3) is 5.69 Å². The zero-order valence-electron chi connectivity index (χ0n) is 11.5. The van der Waals surface area contributed by atoms with Crippen molar-refractivity contribution in [2.45, 2.75) is 26.1 Å². The Balaban J connectivity index is 1.74. The van der Waals surface area contributed by atoms with Crippen molar-refractivity contribution in [1.82, 2.24) is 0 Å². The monoisotopic (exact) mass is 278 g/mol. The summed E-state index contributed by atoms with van der Waals surface area (Å²) < 4.78 is 10.8. The Morgan fingerprint density at radius 2 is 2.15 bits per heavy atom. The molecule has 6 nitrogen and oxygen atoms in total.